The van der Waals surface area contributed by atoms with Crippen molar-refractivity contribution in [2.45, 2.75) is 97.1 Å². The Labute approximate surface area is 191 Å². The number of Topliss-reactive ketones (excluding diaryl/α,β-unsaturated/α-hetero) is 1. The van der Waals surface area contributed by atoms with Gasteiger partial charge in [-0.05, 0) is 130 Å². The molecule has 176 valence electrons. The predicted molar refractivity (Wildman–Crippen MR) is 120 cm³/mol. The minimum atomic E-state index is -0.452. The Bertz CT molecular complexity index is 892. The van der Waals surface area contributed by atoms with Gasteiger partial charge in [0.25, 0.3) is 0 Å². The molecular weight excluding hydrogens is 400 g/mol. The number of aryl methyl sites for hydroxylation is 1. The molecule has 0 bridgehead atoms. The maximum absolute atomic E-state index is 13.6. The van der Waals surface area contributed by atoms with Crippen molar-refractivity contribution in [3.8, 4) is 0 Å². The Balaban J connectivity index is 1.26. The molecule has 5 fully saturated rings. The zero-order chi connectivity index (χ0) is 22.3. The van der Waals surface area contributed by atoms with Gasteiger partial charge < -0.3 is 5.11 Å². The molecule has 1 heterocycles. The molecule has 9 atom stereocenters. The van der Waals surface area contributed by atoms with Gasteiger partial charge in [-0.1, -0.05) is 6.92 Å². The molecule has 0 aliphatic heterocycles. The van der Waals surface area contributed by atoms with Gasteiger partial charge in [-0.15, -0.1) is 10.2 Å². The lowest BCUT2D eigenvalue weighted by Gasteiger charge is -2.57. The number of fused-ring (bicyclic) bond motifs is 5. The van der Waals surface area contributed by atoms with Crippen LogP contribution in [-0.4, -0.2) is 36.7 Å². The molecule has 1 aromatic rings. The van der Waals surface area contributed by atoms with Crippen LogP contribution in [-0.2, 0) is 11.3 Å². The Kier molecular flexibility index (Phi) is 4.88. The van der Waals surface area contributed by atoms with E-state index < -0.39 is 5.60 Å². The van der Waals surface area contributed by atoms with Gasteiger partial charge in [0.15, 0.2) is 11.6 Å². The summed E-state index contributed by atoms with van der Waals surface area (Å²) in [4.78, 5) is 15.1. The summed E-state index contributed by atoms with van der Waals surface area (Å²) in [7, 11) is 0. The Hall–Kier alpha value is -1.30. The molecular formula is C26H40N4O2. The SMILES string of the molecule is Cc1nnn(CC(=O)[C@H]2CC(C3CC3)[C@H]3[C@@H]4CC[C@@H]5C[C@](C)(O)CC[C@@H]5[C@H]4CC[C@]23C)n1. The summed E-state index contributed by atoms with van der Waals surface area (Å²) in [6, 6.07) is 0. The topological polar surface area (TPSA) is 80.9 Å². The zero-order valence-corrected chi connectivity index (χ0v) is 20.0. The number of hydrogen-bond acceptors (Lipinski definition) is 5. The lowest BCUT2D eigenvalue weighted by molar-refractivity contribution is -0.134. The molecule has 1 aromatic heterocycles. The van der Waals surface area contributed by atoms with Crippen molar-refractivity contribution in [2.24, 2.45) is 52.8 Å². The van der Waals surface area contributed by atoms with E-state index in [0.29, 0.717) is 23.4 Å². The monoisotopic (exact) mass is 440 g/mol. The number of aromatic nitrogens is 4. The van der Waals surface area contributed by atoms with Crippen molar-refractivity contribution in [3.63, 3.8) is 0 Å². The van der Waals surface area contributed by atoms with Crippen molar-refractivity contribution in [3.05, 3.63) is 5.82 Å². The molecule has 1 unspecified atom stereocenters. The van der Waals surface area contributed by atoms with Gasteiger partial charge in [0, 0.05) is 5.92 Å². The molecule has 5 aliphatic carbocycles. The summed E-state index contributed by atoms with van der Waals surface area (Å²) in [6.07, 6.45) is 12.1. The molecule has 0 amide bonds. The number of carbonyl (C=O) groups excluding carboxylic acids is 1. The van der Waals surface area contributed by atoms with Gasteiger partial charge in [-0.3, -0.25) is 4.79 Å². The standard InChI is InChI=1S/C26H40N4O2/c1-15-27-29-30(28-15)14-23(31)22-12-21(16-4-5-16)24-20-7-6-17-13-25(2,32)10-8-18(17)19(20)9-11-26(22,24)3/h16-22,24,32H,4-14H2,1-3H3/t17-,18+,19-,20-,21?,22-,24-,25-,26-/m1/s1. The highest BCUT2D eigenvalue weighted by Crippen LogP contribution is 2.69. The maximum atomic E-state index is 13.6. The molecule has 6 rings (SSSR count). The van der Waals surface area contributed by atoms with Gasteiger partial charge in [0.2, 0.25) is 0 Å². The van der Waals surface area contributed by atoms with Crippen molar-refractivity contribution in [1.29, 1.82) is 0 Å². The Morgan fingerprint density at radius 2 is 1.75 bits per heavy atom. The van der Waals surface area contributed by atoms with Crippen LogP contribution in [0.15, 0.2) is 0 Å². The summed E-state index contributed by atoms with van der Waals surface area (Å²) in [5.41, 5.74) is -0.319. The van der Waals surface area contributed by atoms with Crippen LogP contribution in [0, 0.1) is 59.7 Å². The van der Waals surface area contributed by atoms with E-state index in [2.05, 4.69) is 29.3 Å². The third-order valence-electron chi connectivity index (χ3n) is 10.8. The van der Waals surface area contributed by atoms with Gasteiger partial charge in [0.05, 0.1) is 5.60 Å². The second-order valence-electron chi connectivity index (χ2n) is 12.8. The van der Waals surface area contributed by atoms with Crippen LogP contribution in [0.3, 0.4) is 0 Å². The first kappa shape index (κ1) is 21.2. The third-order valence-corrected chi connectivity index (χ3v) is 10.8. The normalized spacial score (nSPS) is 48.1. The first-order valence-corrected chi connectivity index (χ1v) is 13.2. The maximum Gasteiger partial charge on any atom is 0.171 e. The average molecular weight is 441 g/mol. The van der Waals surface area contributed by atoms with Crippen LogP contribution >= 0.6 is 0 Å². The van der Waals surface area contributed by atoms with E-state index in [1.54, 1.807) is 0 Å². The van der Waals surface area contributed by atoms with Crippen LogP contribution in [0.25, 0.3) is 0 Å². The number of rotatable bonds is 4. The number of nitrogens with zero attached hydrogens (tertiary/aromatic N) is 4. The van der Waals surface area contributed by atoms with Gasteiger partial charge in [-0.25, -0.2) is 0 Å². The van der Waals surface area contributed by atoms with E-state index in [1.165, 1.54) is 49.7 Å². The lowest BCUT2D eigenvalue weighted by Crippen LogP contribution is -2.52. The van der Waals surface area contributed by atoms with Crippen LogP contribution in [0.5, 0.6) is 0 Å². The van der Waals surface area contributed by atoms with Crippen LogP contribution < -0.4 is 0 Å². The highest BCUT2D eigenvalue weighted by molar-refractivity contribution is 5.82. The molecule has 0 radical (unpaired) electrons. The average Bonchev–Trinajstić information content (AvgIpc) is 3.42. The van der Waals surface area contributed by atoms with Gasteiger partial charge in [-0.2, -0.15) is 4.80 Å². The van der Waals surface area contributed by atoms with Crippen LogP contribution in [0.2, 0.25) is 0 Å². The van der Waals surface area contributed by atoms with E-state index in [0.717, 1.165) is 48.9 Å². The Morgan fingerprint density at radius 3 is 2.47 bits per heavy atom. The fraction of sp³-hybridized carbons (Fsp3) is 0.923. The van der Waals surface area contributed by atoms with E-state index in [9.17, 15) is 9.90 Å². The van der Waals surface area contributed by atoms with Crippen molar-refractivity contribution < 1.29 is 9.90 Å². The van der Waals surface area contributed by atoms with Crippen molar-refractivity contribution in [1.82, 2.24) is 20.2 Å². The van der Waals surface area contributed by atoms with E-state index in [-0.39, 0.29) is 17.9 Å². The summed E-state index contributed by atoms with van der Waals surface area (Å²) in [6.45, 7) is 6.62. The zero-order valence-electron chi connectivity index (χ0n) is 20.0. The minimum Gasteiger partial charge on any atom is -0.390 e. The largest absolute Gasteiger partial charge is 0.390 e. The van der Waals surface area contributed by atoms with Gasteiger partial charge >= 0.3 is 0 Å². The van der Waals surface area contributed by atoms with E-state index in [1.807, 2.05) is 6.92 Å². The lowest BCUT2D eigenvalue weighted by atomic mass is 9.48. The fourth-order valence-corrected chi connectivity index (χ4v) is 9.41. The molecule has 0 saturated heterocycles. The number of carbonyl (C=O) groups is 1. The molecule has 6 heteroatoms. The molecule has 5 aliphatic rings. The van der Waals surface area contributed by atoms with E-state index >= 15 is 0 Å². The second-order valence-corrected chi connectivity index (χ2v) is 12.8. The summed E-state index contributed by atoms with van der Waals surface area (Å²) < 4.78 is 0. The molecule has 0 spiro atoms. The number of ketones is 1. The summed E-state index contributed by atoms with van der Waals surface area (Å²) >= 11 is 0. The molecule has 0 aromatic carbocycles. The smallest absolute Gasteiger partial charge is 0.171 e. The van der Waals surface area contributed by atoms with Gasteiger partial charge in [0.1, 0.15) is 6.54 Å². The van der Waals surface area contributed by atoms with Crippen LogP contribution in [0.4, 0.5) is 0 Å². The molecule has 6 nitrogen and oxygen atoms in total. The first-order chi connectivity index (χ1) is 15.2. The van der Waals surface area contributed by atoms with Crippen LogP contribution in [0.1, 0.15) is 83.9 Å². The van der Waals surface area contributed by atoms with Crippen molar-refractivity contribution in [2.75, 3.05) is 0 Å². The minimum absolute atomic E-state index is 0.133. The summed E-state index contributed by atoms with van der Waals surface area (Å²) in [5, 5.41) is 23.0. The molecule has 32 heavy (non-hydrogen) atoms. The Morgan fingerprint density at radius 1 is 1.00 bits per heavy atom. The highest BCUT2D eigenvalue weighted by atomic mass is 16.3. The third kappa shape index (κ3) is 3.38. The fourth-order valence-electron chi connectivity index (χ4n) is 9.41. The first-order valence-electron chi connectivity index (χ1n) is 13.2. The quantitative estimate of drug-likeness (QED) is 0.759. The molecule has 5 saturated carbocycles. The highest BCUT2D eigenvalue weighted by Gasteiger charge is 2.63. The second kappa shape index (κ2) is 7.35. The number of tetrazole rings is 1. The van der Waals surface area contributed by atoms with E-state index in [4.69, 9.17) is 0 Å². The predicted octanol–water partition coefficient (Wildman–Crippen LogP) is 4.21. The van der Waals surface area contributed by atoms with Crippen molar-refractivity contribution >= 4 is 5.78 Å². The number of hydrogen-bond donors (Lipinski definition) is 1. The molecule has 1 N–H and O–H groups in total. The number of aliphatic hydroxyl groups is 1. The summed E-state index contributed by atoms with van der Waals surface area (Å²) in [5.74, 6) is 6.52.